The first-order chi connectivity index (χ1) is 7.82. The molecule has 2 heteroatoms. The molecule has 0 N–H and O–H groups in total. The van der Waals surface area contributed by atoms with Crippen molar-refractivity contribution in [3.8, 4) is 0 Å². The number of nitrogens with zero attached hydrogens (tertiary/aromatic N) is 1. The van der Waals surface area contributed by atoms with Crippen LogP contribution in [0, 0.1) is 0 Å². The zero-order valence-electron chi connectivity index (χ0n) is 10.0. The van der Waals surface area contributed by atoms with Crippen molar-refractivity contribution in [2.45, 2.75) is 63.3 Å². The molecular weight excluding hydrogens is 198 g/mol. The first-order valence-corrected chi connectivity index (χ1v) is 6.83. The van der Waals surface area contributed by atoms with Crippen LogP contribution in [-0.4, -0.2) is 22.9 Å². The molecule has 0 bridgehead atoms. The van der Waals surface area contributed by atoms with Gasteiger partial charge in [0.15, 0.2) is 0 Å². The molecule has 1 spiro atoms. The van der Waals surface area contributed by atoms with E-state index < -0.39 is 0 Å². The monoisotopic (exact) mass is 219 g/mol. The van der Waals surface area contributed by atoms with E-state index in [0.717, 1.165) is 25.0 Å². The van der Waals surface area contributed by atoms with Crippen LogP contribution in [0.3, 0.4) is 0 Å². The van der Waals surface area contributed by atoms with E-state index in [2.05, 4.69) is 11.0 Å². The molecule has 88 valence electrons. The maximum Gasteiger partial charge on any atom is 0.249 e. The third-order valence-electron chi connectivity index (χ3n) is 4.72. The second-order valence-corrected chi connectivity index (χ2v) is 5.61. The number of carbonyl (C=O) groups is 1. The fraction of sp³-hybridized carbons (Fsp3) is 0.786. The Hall–Kier alpha value is -0.790. The van der Waals surface area contributed by atoms with Crippen LogP contribution in [0.1, 0.15) is 57.8 Å². The van der Waals surface area contributed by atoms with Gasteiger partial charge in [0.05, 0.1) is 0 Å². The van der Waals surface area contributed by atoms with Crippen molar-refractivity contribution >= 4 is 5.91 Å². The van der Waals surface area contributed by atoms with E-state index in [1.807, 2.05) is 0 Å². The Labute approximate surface area is 97.7 Å². The molecule has 1 saturated carbocycles. The zero-order chi connectivity index (χ0) is 11.0. The van der Waals surface area contributed by atoms with E-state index in [-0.39, 0.29) is 0 Å². The predicted molar refractivity (Wildman–Crippen MR) is 64.1 cm³/mol. The minimum absolute atomic E-state index is 0.324. The quantitative estimate of drug-likeness (QED) is 0.664. The number of carbonyl (C=O) groups excluding carboxylic acids is 1. The standard InChI is InChI=1S/C14H21NO/c16-13(12-6-3-1-2-4-7-12)15-11-10-14(15)8-5-9-14/h6H,1-5,7-11H2. The Balaban J connectivity index is 1.70. The number of likely N-dealkylation sites (tertiary alicyclic amines) is 1. The molecule has 1 aliphatic heterocycles. The lowest BCUT2D eigenvalue weighted by atomic mass is 9.67. The SMILES string of the molecule is O=C(C1=CCCCCC1)N1CCC12CCC2. The van der Waals surface area contributed by atoms with E-state index in [1.54, 1.807) is 0 Å². The van der Waals surface area contributed by atoms with E-state index in [1.165, 1.54) is 44.9 Å². The van der Waals surface area contributed by atoms with Crippen LogP contribution in [-0.2, 0) is 4.79 Å². The average Bonchev–Trinajstić information content (AvgIpc) is 2.41. The largest absolute Gasteiger partial charge is 0.333 e. The van der Waals surface area contributed by atoms with Crippen molar-refractivity contribution in [3.05, 3.63) is 11.6 Å². The Kier molecular flexibility index (Phi) is 2.53. The van der Waals surface area contributed by atoms with E-state index in [0.29, 0.717) is 11.4 Å². The fourth-order valence-corrected chi connectivity index (χ4v) is 3.34. The van der Waals surface area contributed by atoms with Gasteiger partial charge in [-0.1, -0.05) is 12.5 Å². The molecule has 1 heterocycles. The van der Waals surface area contributed by atoms with Gasteiger partial charge >= 0.3 is 0 Å². The Morgan fingerprint density at radius 2 is 2.00 bits per heavy atom. The topological polar surface area (TPSA) is 20.3 Å². The molecule has 0 radical (unpaired) electrons. The van der Waals surface area contributed by atoms with Gasteiger partial charge in [0.25, 0.3) is 0 Å². The van der Waals surface area contributed by atoms with Gasteiger partial charge in [-0.3, -0.25) is 4.79 Å². The Morgan fingerprint density at radius 3 is 2.62 bits per heavy atom. The van der Waals surface area contributed by atoms with Crippen molar-refractivity contribution in [3.63, 3.8) is 0 Å². The molecule has 2 nitrogen and oxygen atoms in total. The molecule has 0 unspecified atom stereocenters. The highest BCUT2D eigenvalue weighted by atomic mass is 16.2. The van der Waals surface area contributed by atoms with E-state index in [9.17, 15) is 4.79 Å². The fourth-order valence-electron chi connectivity index (χ4n) is 3.34. The summed E-state index contributed by atoms with van der Waals surface area (Å²) in [5, 5.41) is 0. The molecule has 16 heavy (non-hydrogen) atoms. The van der Waals surface area contributed by atoms with Gasteiger partial charge in [0.1, 0.15) is 0 Å². The number of hydrogen-bond donors (Lipinski definition) is 0. The third kappa shape index (κ3) is 1.50. The second-order valence-electron chi connectivity index (χ2n) is 5.61. The lowest BCUT2D eigenvalue weighted by Crippen LogP contribution is -2.65. The summed E-state index contributed by atoms with van der Waals surface area (Å²) in [6, 6.07) is 0. The Bertz CT molecular complexity index is 322. The maximum absolute atomic E-state index is 12.4. The maximum atomic E-state index is 12.4. The molecule has 3 rings (SSSR count). The van der Waals surface area contributed by atoms with Crippen molar-refractivity contribution < 1.29 is 4.79 Å². The van der Waals surface area contributed by atoms with Crippen molar-refractivity contribution in [2.24, 2.45) is 0 Å². The van der Waals surface area contributed by atoms with Crippen molar-refractivity contribution in [1.82, 2.24) is 4.90 Å². The van der Waals surface area contributed by atoms with Crippen LogP contribution in [0.2, 0.25) is 0 Å². The van der Waals surface area contributed by atoms with Gasteiger partial charge < -0.3 is 4.90 Å². The lowest BCUT2D eigenvalue weighted by Gasteiger charge is -2.58. The van der Waals surface area contributed by atoms with Crippen molar-refractivity contribution in [1.29, 1.82) is 0 Å². The smallest absolute Gasteiger partial charge is 0.249 e. The summed E-state index contributed by atoms with van der Waals surface area (Å²) < 4.78 is 0. The van der Waals surface area contributed by atoms with Gasteiger partial charge in [0, 0.05) is 17.7 Å². The summed E-state index contributed by atoms with van der Waals surface area (Å²) in [5.74, 6) is 0.368. The highest BCUT2D eigenvalue weighted by molar-refractivity contribution is 5.94. The Morgan fingerprint density at radius 1 is 1.12 bits per heavy atom. The summed E-state index contributed by atoms with van der Waals surface area (Å²) in [6.45, 7) is 1.01. The van der Waals surface area contributed by atoms with Gasteiger partial charge in [0.2, 0.25) is 5.91 Å². The first-order valence-electron chi connectivity index (χ1n) is 6.83. The van der Waals surface area contributed by atoms with Crippen LogP contribution in [0.15, 0.2) is 11.6 Å². The summed E-state index contributed by atoms with van der Waals surface area (Å²) in [4.78, 5) is 14.6. The van der Waals surface area contributed by atoms with Crippen LogP contribution >= 0.6 is 0 Å². The molecule has 0 aromatic rings. The molecule has 0 atom stereocenters. The minimum Gasteiger partial charge on any atom is -0.333 e. The van der Waals surface area contributed by atoms with Crippen LogP contribution < -0.4 is 0 Å². The summed E-state index contributed by atoms with van der Waals surface area (Å²) in [7, 11) is 0. The highest BCUT2D eigenvalue weighted by Gasteiger charge is 2.51. The molecule has 2 fully saturated rings. The molecule has 2 aliphatic carbocycles. The molecule has 0 aromatic heterocycles. The summed E-state index contributed by atoms with van der Waals surface area (Å²) >= 11 is 0. The van der Waals surface area contributed by atoms with Gasteiger partial charge in [-0.05, 0) is 51.4 Å². The van der Waals surface area contributed by atoms with Crippen molar-refractivity contribution in [2.75, 3.05) is 6.54 Å². The van der Waals surface area contributed by atoms with E-state index >= 15 is 0 Å². The second kappa shape index (κ2) is 3.90. The number of amides is 1. The normalized spacial score (nSPS) is 27.8. The number of allylic oxidation sites excluding steroid dienone is 1. The summed E-state index contributed by atoms with van der Waals surface area (Å²) in [6.07, 6.45) is 13.2. The molecule has 0 aromatic carbocycles. The minimum atomic E-state index is 0.324. The van der Waals surface area contributed by atoms with E-state index in [4.69, 9.17) is 0 Å². The lowest BCUT2D eigenvalue weighted by molar-refractivity contribution is -0.151. The number of hydrogen-bond acceptors (Lipinski definition) is 1. The molecule has 1 amide bonds. The zero-order valence-corrected chi connectivity index (χ0v) is 10.0. The average molecular weight is 219 g/mol. The summed E-state index contributed by atoms with van der Waals surface area (Å²) in [5.41, 5.74) is 1.44. The van der Waals surface area contributed by atoms with Gasteiger partial charge in [-0.25, -0.2) is 0 Å². The third-order valence-corrected chi connectivity index (χ3v) is 4.72. The van der Waals surface area contributed by atoms with Crippen LogP contribution in [0.4, 0.5) is 0 Å². The highest BCUT2D eigenvalue weighted by Crippen LogP contribution is 2.47. The van der Waals surface area contributed by atoms with Gasteiger partial charge in [-0.2, -0.15) is 0 Å². The number of rotatable bonds is 1. The molecule has 3 aliphatic rings. The molecule has 1 saturated heterocycles. The predicted octanol–water partition coefficient (Wildman–Crippen LogP) is 3.03. The first kappa shape index (κ1) is 10.4. The van der Waals surface area contributed by atoms with Crippen LogP contribution in [0.5, 0.6) is 0 Å². The molecular formula is C14H21NO. The van der Waals surface area contributed by atoms with Crippen LogP contribution in [0.25, 0.3) is 0 Å². The van der Waals surface area contributed by atoms with Gasteiger partial charge in [-0.15, -0.1) is 0 Å².